The van der Waals surface area contributed by atoms with Gasteiger partial charge in [0.1, 0.15) is 0 Å². The van der Waals surface area contributed by atoms with Gasteiger partial charge < -0.3 is 15.4 Å². The summed E-state index contributed by atoms with van der Waals surface area (Å²) in [6, 6.07) is 9.24. The summed E-state index contributed by atoms with van der Waals surface area (Å²) in [6.07, 6.45) is 4.04. The number of halogens is 1. The molecular formula is C23H40IN5O. The molecule has 2 aliphatic rings. The summed E-state index contributed by atoms with van der Waals surface area (Å²) < 4.78 is 5.47. The van der Waals surface area contributed by atoms with Gasteiger partial charge in [0.15, 0.2) is 5.96 Å². The van der Waals surface area contributed by atoms with Crippen molar-refractivity contribution >= 4 is 29.9 Å². The first-order valence-corrected chi connectivity index (χ1v) is 11.4. The lowest BCUT2D eigenvalue weighted by Gasteiger charge is -2.32. The topological polar surface area (TPSA) is 52.1 Å². The predicted molar refractivity (Wildman–Crippen MR) is 136 cm³/mol. The van der Waals surface area contributed by atoms with Crippen LogP contribution in [0.25, 0.3) is 0 Å². The molecule has 7 heteroatoms. The molecule has 0 bridgehead atoms. The molecule has 2 fully saturated rings. The molecule has 30 heavy (non-hydrogen) atoms. The highest BCUT2D eigenvalue weighted by molar-refractivity contribution is 14.0. The lowest BCUT2D eigenvalue weighted by atomic mass is 10.1. The largest absolute Gasteiger partial charge is 0.379 e. The molecule has 0 spiro atoms. The molecule has 1 unspecified atom stereocenters. The van der Waals surface area contributed by atoms with Gasteiger partial charge in [0.05, 0.1) is 19.8 Å². The number of hydrogen-bond acceptors (Lipinski definition) is 4. The normalized spacial score (nSPS) is 19.7. The number of nitrogens with zero attached hydrogens (tertiary/aromatic N) is 3. The molecule has 2 saturated heterocycles. The number of rotatable bonds is 8. The molecular weight excluding hydrogens is 489 g/mol. The first-order chi connectivity index (χ1) is 14.3. The number of likely N-dealkylation sites (tertiary alicyclic amines) is 1. The minimum Gasteiger partial charge on any atom is -0.379 e. The average molecular weight is 530 g/mol. The van der Waals surface area contributed by atoms with Gasteiger partial charge >= 0.3 is 0 Å². The van der Waals surface area contributed by atoms with Crippen molar-refractivity contribution in [3.8, 4) is 0 Å². The molecule has 6 nitrogen and oxygen atoms in total. The number of piperidine rings is 1. The summed E-state index contributed by atoms with van der Waals surface area (Å²) in [5.41, 5.74) is 2.74. The van der Waals surface area contributed by atoms with Crippen molar-refractivity contribution in [1.29, 1.82) is 0 Å². The van der Waals surface area contributed by atoms with Crippen LogP contribution in [0.4, 0.5) is 0 Å². The van der Waals surface area contributed by atoms with Crippen LogP contribution in [-0.4, -0.2) is 74.3 Å². The number of ether oxygens (including phenoxy) is 1. The third-order valence-corrected chi connectivity index (χ3v) is 5.95. The molecule has 1 aromatic carbocycles. The number of morpholine rings is 1. The lowest BCUT2D eigenvalue weighted by Crippen LogP contribution is -2.49. The van der Waals surface area contributed by atoms with Crippen LogP contribution in [0.15, 0.2) is 29.3 Å². The fourth-order valence-corrected chi connectivity index (χ4v) is 4.12. The molecule has 0 saturated carbocycles. The van der Waals surface area contributed by atoms with E-state index >= 15 is 0 Å². The second-order valence-electron chi connectivity index (χ2n) is 8.18. The number of benzene rings is 1. The minimum atomic E-state index is 0. The van der Waals surface area contributed by atoms with Crippen molar-refractivity contribution in [1.82, 2.24) is 20.4 Å². The van der Waals surface area contributed by atoms with Gasteiger partial charge in [-0.25, -0.2) is 4.99 Å². The number of hydrogen-bond donors (Lipinski definition) is 2. The van der Waals surface area contributed by atoms with Crippen LogP contribution >= 0.6 is 24.0 Å². The third-order valence-electron chi connectivity index (χ3n) is 5.95. The van der Waals surface area contributed by atoms with Crippen molar-refractivity contribution in [2.45, 2.75) is 52.2 Å². The second kappa shape index (κ2) is 14.2. The highest BCUT2D eigenvalue weighted by atomic mass is 127. The van der Waals surface area contributed by atoms with E-state index in [1.165, 1.54) is 43.5 Å². The van der Waals surface area contributed by atoms with Gasteiger partial charge in [0.2, 0.25) is 0 Å². The van der Waals surface area contributed by atoms with Crippen LogP contribution in [0, 0.1) is 0 Å². The number of aliphatic imine (C=N–C) groups is 1. The Hall–Kier alpha value is -0.900. The highest BCUT2D eigenvalue weighted by Gasteiger charge is 2.17. The van der Waals surface area contributed by atoms with Gasteiger partial charge in [-0.2, -0.15) is 0 Å². The zero-order valence-electron chi connectivity index (χ0n) is 18.7. The van der Waals surface area contributed by atoms with E-state index in [9.17, 15) is 0 Å². The Kier molecular flexibility index (Phi) is 12.0. The van der Waals surface area contributed by atoms with Gasteiger partial charge in [-0.15, -0.1) is 24.0 Å². The molecule has 2 heterocycles. The zero-order valence-corrected chi connectivity index (χ0v) is 21.1. The molecule has 1 atom stereocenters. The number of nitrogens with one attached hydrogen (secondary N) is 2. The van der Waals surface area contributed by atoms with E-state index < -0.39 is 0 Å². The van der Waals surface area contributed by atoms with E-state index in [0.717, 1.165) is 51.9 Å². The maximum atomic E-state index is 5.47. The Bertz CT molecular complexity index is 630. The molecule has 0 aromatic heterocycles. The molecule has 170 valence electrons. The zero-order chi connectivity index (χ0) is 20.3. The molecule has 1 aromatic rings. The molecule has 2 aliphatic heterocycles. The predicted octanol–water partition coefficient (Wildman–Crippen LogP) is 3.07. The summed E-state index contributed by atoms with van der Waals surface area (Å²) in [6.45, 7) is 14.1. The maximum Gasteiger partial charge on any atom is 0.191 e. The van der Waals surface area contributed by atoms with Crippen LogP contribution < -0.4 is 10.6 Å². The Morgan fingerprint density at radius 3 is 2.43 bits per heavy atom. The average Bonchev–Trinajstić information content (AvgIpc) is 2.77. The van der Waals surface area contributed by atoms with Gasteiger partial charge in [0, 0.05) is 38.8 Å². The van der Waals surface area contributed by atoms with Crippen molar-refractivity contribution < 1.29 is 4.74 Å². The maximum absolute atomic E-state index is 5.47. The summed E-state index contributed by atoms with van der Waals surface area (Å²) in [4.78, 5) is 9.95. The second-order valence-corrected chi connectivity index (χ2v) is 8.18. The Morgan fingerprint density at radius 2 is 1.73 bits per heavy atom. The van der Waals surface area contributed by atoms with Crippen LogP contribution in [0.2, 0.25) is 0 Å². The van der Waals surface area contributed by atoms with Crippen LogP contribution in [-0.2, 0) is 17.8 Å². The molecule has 0 amide bonds. The number of guanidine groups is 1. The smallest absolute Gasteiger partial charge is 0.191 e. The van der Waals surface area contributed by atoms with Crippen LogP contribution in [0.5, 0.6) is 0 Å². The fourth-order valence-electron chi connectivity index (χ4n) is 4.12. The first-order valence-electron chi connectivity index (χ1n) is 11.4. The van der Waals surface area contributed by atoms with E-state index in [4.69, 9.17) is 9.73 Å². The summed E-state index contributed by atoms with van der Waals surface area (Å²) in [5, 5.41) is 6.93. The summed E-state index contributed by atoms with van der Waals surface area (Å²) in [5.74, 6) is 0.903. The van der Waals surface area contributed by atoms with E-state index in [-0.39, 0.29) is 24.0 Å². The first kappa shape index (κ1) is 25.4. The molecule has 2 N–H and O–H groups in total. The minimum absolute atomic E-state index is 0. The van der Waals surface area contributed by atoms with Crippen molar-refractivity contribution in [3.05, 3.63) is 35.4 Å². The van der Waals surface area contributed by atoms with Crippen LogP contribution in [0.1, 0.15) is 44.2 Å². The standard InChI is InChI=1S/C23H39N5O.HI/c1-3-24-23(25-17-20(2)28-13-15-29-16-14-28)26-18-21-9-5-6-10-22(21)19-27-11-7-4-8-12-27;/h5-6,9-10,20H,3-4,7-8,11-19H2,1-2H3,(H2,24,25,26);1H. The summed E-state index contributed by atoms with van der Waals surface area (Å²) in [7, 11) is 0. The SMILES string of the molecule is CCNC(=NCc1ccccc1CN1CCCCC1)NCC(C)N1CCOCC1.I. The van der Waals surface area contributed by atoms with Gasteiger partial charge in [-0.05, 0) is 50.9 Å². The van der Waals surface area contributed by atoms with Crippen molar-refractivity contribution in [2.24, 2.45) is 4.99 Å². The van der Waals surface area contributed by atoms with Gasteiger partial charge in [-0.3, -0.25) is 9.80 Å². The fraction of sp³-hybridized carbons (Fsp3) is 0.696. The monoisotopic (exact) mass is 529 g/mol. The van der Waals surface area contributed by atoms with Crippen LogP contribution in [0.3, 0.4) is 0 Å². The highest BCUT2D eigenvalue weighted by Crippen LogP contribution is 2.17. The van der Waals surface area contributed by atoms with Crippen molar-refractivity contribution in [2.75, 3.05) is 52.5 Å². The van der Waals surface area contributed by atoms with Gasteiger partial charge in [0.25, 0.3) is 0 Å². The molecule has 0 aliphatic carbocycles. The van der Waals surface area contributed by atoms with Crippen molar-refractivity contribution in [3.63, 3.8) is 0 Å². The quantitative estimate of drug-likeness (QED) is 0.308. The van der Waals surface area contributed by atoms with Gasteiger partial charge in [-0.1, -0.05) is 30.7 Å². The Balaban J connectivity index is 0.00000320. The van der Waals surface area contributed by atoms with E-state index in [2.05, 4.69) is 58.5 Å². The Labute approximate surface area is 199 Å². The van der Waals surface area contributed by atoms with E-state index in [1.54, 1.807) is 0 Å². The van der Waals surface area contributed by atoms with E-state index in [0.29, 0.717) is 12.6 Å². The van der Waals surface area contributed by atoms with E-state index in [1.807, 2.05) is 0 Å². The lowest BCUT2D eigenvalue weighted by molar-refractivity contribution is 0.0211. The molecule has 0 radical (unpaired) electrons. The Morgan fingerprint density at radius 1 is 1.03 bits per heavy atom. The molecule has 3 rings (SSSR count). The summed E-state index contributed by atoms with van der Waals surface area (Å²) >= 11 is 0. The third kappa shape index (κ3) is 8.32.